The van der Waals surface area contributed by atoms with Crippen molar-refractivity contribution in [1.82, 2.24) is 0 Å². The molecule has 4 aromatic rings. The first-order valence-electron chi connectivity index (χ1n) is 15.3. The first-order valence-corrected chi connectivity index (χ1v) is 16.9. The second-order valence-corrected chi connectivity index (χ2v) is 14.5. The molecule has 0 fully saturated rings. The molecule has 13 heteroatoms. The van der Waals surface area contributed by atoms with Gasteiger partial charge in [0.05, 0.1) is 49.0 Å². The summed E-state index contributed by atoms with van der Waals surface area (Å²) in [5, 5.41) is 10.1. The van der Waals surface area contributed by atoms with E-state index in [-0.39, 0.29) is 59.4 Å². The zero-order chi connectivity index (χ0) is 35.3. The average Bonchev–Trinajstić information content (AvgIpc) is 3.64. The summed E-state index contributed by atoms with van der Waals surface area (Å²) in [4.78, 5) is 49.9. The first-order chi connectivity index (χ1) is 22.6. The fraction of sp³-hybridized carbons (Fsp3) is 0.429. The summed E-state index contributed by atoms with van der Waals surface area (Å²) in [6.07, 6.45) is 0.208. The number of thiophene rings is 2. The van der Waals surface area contributed by atoms with Crippen LogP contribution in [0.5, 0.6) is 23.0 Å². The molecular formula is C35H39FO10S2. The van der Waals surface area contributed by atoms with E-state index >= 15 is 4.39 Å². The highest BCUT2D eigenvalue weighted by Crippen LogP contribution is 2.41. The molecule has 0 amide bonds. The summed E-state index contributed by atoms with van der Waals surface area (Å²) in [6, 6.07) is 8.33. The lowest BCUT2D eigenvalue weighted by Crippen LogP contribution is -2.28. The second-order valence-electron chi connectivity index (χ2n) is 12.4. The smallest absolute Gasteiger partial charge is 0.309 e. The van der Waals surface area contributed by atoms with Gasteiger partial charge in [-0.25, -0.2) is 4.39 Å². The van der Waals surface area contributed by atoms with Crippen LogP contribution in [-0.2, 0) is 14.3 Å². The van der Waals surface area contributed by atoms with Crippen LogP contribution < -0.4 is 18.9 Å². The Labute approximate surface area is 285 Å². The minimum atomic E-state index is -1.08. The number of halogens is 1. The Morgan fingerprint density at radius 3 is 2.00 bits per heavy atom. The zero-order valence-corrected chi connectivity index (χ0v) is 29.5. The number of Topliss-reactive ketones (excluding diaryl/α,β-unsaturated/α-hetero) is 2. The first kappa shape index (κ1) is 36.6. The van der Waals surface area contributed by atoms with E-state index in [1.165, 1.54) is 38.5 Å². The van der Waals surface area contributed by atoms with Gasteiger partial charge in [-0.05, 0) is 44.4 Å². The molecule has 2 aromatic carbocycles. The summed E-state index contributed by atoms with van der Waals surface area (Å²) in [5.74, 6) is -3.16. The Bertz CT molecular complexity index is 1830. The number of esters is 1. The third-order valence-corrected chi connectivity index (χ3v) is 9.52. The monoisotopic (exact) mass is 702 g/mol. The molecule has 0 bridgehead atoms. The van der Waals surface area contributed by atoms with Crippen molar-refractivity contribution >= 4 is 66.4 Å². The van der Waals surface area contributed by atoms with Crippen molar-refractivity contribution in [3.63, 3.8) is 0 Å². The third-order valence-electron chi connectivity index (χ3n) is 7.26. The van der Waals surface area contributed by atoms with Crippen LogP contribution in [0.25, 0.3) is 20.2 Å². The number of carboxylic acid groups (broad SMARTS) is 1. The predicted octanol–water partition coefficient (Wildman–Crippen LogP) is 7.96. The van der Waals surface area contributed by atoms with E-state index in [1.807, 2.05) is 0 Å². The molecule has 0 aliphatic carbocycles. The number of ketones is 2. The van der Waals surface area contributed by atoms with E-state index in [4.69, 9.17) is 28.8 Å². The number of hydrogen-bond acceptors (Lipinski definition) is 11. The third kappa shape index (κ3) is 8.81. The molecule has 0 aliphatic heterocycles. The number of benzene rings is 2. The highest BCUT2D eigenvalue weighted by molar-refractivity contribution is 7.21. The molecule has 2 unspecified atom stereocenters. The van der Waals surface area contributed by atoms with Crippen molar-refractivity contribution in [3.05, 3.63) is 45.9 Å². The van der Waals surface area contributed by atoms with Crippen molar-refractivity contribution in [1.29, 1.82) is 0 Å². The SMILES string of the molecule is COc1cc2sc(C(=O)CC(C)C(=O)OC(C)(C)C)cc2cc1OCCCOc1c(OC)cc2sc(C(=O)CC(C)C(=O)O)cc2c1F. The van der Waals surface area contributed by atoms with Crippen molar-refractivity contribution in [2.75, 3.05) is 27.4 Å². The molecule has 258 valence electrons. The van der Waals surface area contributed by atoms with Gasteiger partial charge in [0.1, 0.15) is 5.60 Å². The number of carboxylic acids is 1. The van der Waals surface area contributed by atoms with E-state index in [1.54, 1.807) is 52.0 Å². The van der Waals surface area contributed by atoms with Crippen LogP contribution in [0.15, 0.2) is 30.3 Å². The van der Waals surface area contributed by atoms with E-state index in [2.05, 4.69) is 0 Å². The van der Waals surface area contributed by atoms with Gasteiger partial charge in [-0.2, -0.15) is 0 Å². The average molecular weight is 703 g/mol. The number of ether oxygens (including phenoxy) is 5. The molecule has 0 aliphatic rings. The maximum Gasteiger partial charge on any atom is 0.309 e. The largest absolute Gasteiger partial charge is 0.493 e. The standard InChI is InChI=1S/C35H39FO10S2/c1-18(33(39)40)11-22(37)30-15-21-28(48-30)17-26(43-7)32(31(21)36)45-10-8-9-44-25-13-20-14-29(47-27(20)16-24(25)42-6)23(38)12-19(2)34(41)46-35(3,4)5/h13-19H,8-12H2,1-7H3,(H,39,40). The number of carbonyl (C=O) groups excluding carboxylic acids is 3. The molecule has 1 N–H and O–H groups in total. The highest BCUT2D eigenvalue weighted by Gasteiger charge is 2.26. The number of methoxy groups -OCH3 is 2. The van der Waals surface area contributed by atoms with Crippen LogP contribution in [0.1, 0.15) is 73.2 Å². The lowest BCUT2D eigenvalue weighted by atomic mass is 10.0. The lowest BCUT2D eigenvalue weighted by molar-refractivity contribution is -0.159. The van der Waals surface area contributed by atoms with Crippen LogP contribution in [-0.4, -0.2) is 61.6 Å². The van der Waals surface area contributed by atoms with Crippen LogP contribution >= 0.6 is 22.7 Å². The summed E-state index contributed by atoms with van der Waals surface area (Å²) < 4.78 is 44.8. The van der Waals surface area contributed by atoms with Gasteiger partial charge in [-0.3, -0.25) is 19.2 Å². The van der Waals surface area contributed by atoms with Crippen molar-refractivity contribution in [2.45, 2.75) is 59.5 Å². The molecule has 0 saturated heterocycles. The fourth-order valence-electron chi connectivity index (χ4n) is 4.73. The molecule has 48 heavy (non-hydrogen) atoms. The summed E-state index contributed by atoms with van der Waals surface area (Å²) >= 11 is 2.37. The van der Waals surface area contributed by atoms with Gasteiger partial charge < -0.3 is 28.8 Å². The Kier molecular flexibility index (Phi) is 11.7. The molecule has 10 nitrogen and oxygen atoms in total. The van der Waals surface area contributed by atoms with Gasteiger partial charge in [-0.1, -0.05) is 13.8 Å². The normalized spacial score (nSPS) is 12.8. The molecule has 2 aromatic heterocycles. The fourth-order valence-corrected chi connectivity index (χ4v) is 6.78. The number of aliphatic carboxylic acids is 1. The minimum Gasteiger partial charge on any atom is -0.493 e. The second kappa shape index (κ2) is 15.3. The lowest BCUT2D eigenvalue weighted by Gasteiger charge is -2.21. The minimum absolute atomic E-state index is 0.0261. The maximum absolute atomic E-state index is 15.5. The van der Waals surface area contributed by atoms with Crippen LogP contribution in [0.2, 0.25) is 0 Å². The Balaban J connectivity index is 1.39. The number of fused-ring (bicyclic) bond motifs is 2. The quantitative estimate of drug-likeness (QED) is 0.0696. The maximum atomic E-state index is 15.5. The van der Waals surface area contributed by atoms with E-state index in [0.717, 1.165) is 21.4 Å². The molecule has 4 rings (SSSR count). The molecular weight excluding hydrogens is 664 g/mol. The zero-order valence-electron chi connectivity index (χ0n) is 27.9. The number of hydrogen-bond donors (Lipinski definition) is 1. The Morgan fingerprint density at radius 2 is 1.38 bits per heavy atom. The Hall–Kier alpha value is -4.23. The molecule has 0 saturated carbocycles. The highest BCUT2D eigenvalue weighted by atomic mass is 32.1. The van der Waals surface area contributed by atoms with Gasteiger partial charge in [0.2, 0.25) is 0 Å². The van der Waals surface area contributed by atoms with Gasteiger partial charge in [-0.15, -0.1) is 22.7 Å². The van der Waals surface area contributed by atoms with Gasteiger partial charge in [0, 0.05) is 46.2 Å². The molecule has 2 atom stereocenters. The van der Waals surface area contributed by atoms with Gasteiger partial charge in [0.25, 0.3) is 0 Å². The van der Waals surface area contributed by atoms with E-state index < -0.39 is 35.2 Å². The van der Waals surface area contributed by atoms with Crippen molar-refractivity contribution in [3.8, 4) is 23.0 Å². The summed E-state index contributed by atoms with van der Waals surface area (Å²) in [5.41, 5.74) is -0.634. The Morgan fingerprint density at radius 1 is 0.792 bits per heavy atom. The van der Waals surface area contributed by atoms with E-state index in [9.17, 15) is 19.2 Å². The number of carbonyl (C=O) groups is 4. The van der Waals surface area contributed by atoms with Gasteiger partial charge in [0.15, 0.2) is 40.4 Å². The van der Waals surface area contributed by atoms with Crippen LogP contribution in [0, 0.1) is 17.7 Å². The van der Waals surface area contributed by atoms with Crippen LogP contribution in [0.3, 0.4) is 0 Å². The number of rotatable bonds is 16. The van der Waals surface area contributed by atoms with E-state index in [0.29, 0.717) is 27.5 Å². The summed E-state index contributed by atoms with van der Waals surface area (Å²) in [6.45, 7) is 8.76. The summed E-state index contributed by atoms with van der Waals surface area (Å²) in [7, 11) is 2.90. The molecule has 0 spiro atoms. The molecule has 2 heterocycles. The molecule has 0 radical (unpaired) electrons. The van der Waals surface area contributed by atoms with Crippen molar-refractivity contribution < 1.29 is 52.4 Å². The predicted molar refractivity (Wildman–Crippen MR) is 182 cm³/mol. The van der Waals surface area contributed by atoms with Gasteiger partial charge >= 0.3 is 11.9 Å². The van der Waals surface area contributed by atoms with Crippen molar-refractivity contribution in [2.24, 2.45) is 11.8 Å². The topological polar surface area (TPSA) is 135 Å². The van der Waals surface area contributed by atoms with Crippen LogP contribution in [0.4, 0.5) is 4.39 Å².